The Labute approximate surface area is 117 Å². The van der Waals surface area contributed by atoms with Crippen molar-refractivity contribution in [1.82, 2.24) is 4.98 Å². The quantitative estimate of drug-likeness (QED) is 0.720. The number of H-pyrrole nitrogens is 1. The Hall–Kier alpha value is -1.94. The van der Waals surface area contributed by atoms with Crippen molar-refractivity contribution in [3.8, 4) is 11.1 Å². The smallest absolute Gasteiger partial charge is 0.256 e. The monoisotopic (exact) mass is 317 g/mol. The van der Waals surface area contributed by atoms with E-state index in [0.717, 1.165) is 15.4 Å². The van der Waals surface area contributed by atoms with Crippen molar-refractivity contribution in [3.63, 3.8) is 0 Å². The Morgan fingerprint density at radius 2 is 1.79 bits per heavy atom. The number of nitrogens with one attached hydrogen (secondary N) is 1. The first-order valence-electron chi connectivity index (χ1n) is 5.72. The summed E-state index contributed by atoms with van der Waals surface area (Å²) in [4.78, 5) is 14.8. The van der Waals surface area contributed by atoms with Crippen molar-refractivity contribution in [2.75, 3.05) is 0 Å². The van der Waals surface area contributed by atoms with Gasteiger partial charge in [0.05, 0.1) is 5.56 Å². The van der Waals surface area contributed by atoms with Crippen LogP contribution in [0.2, 0.25) is 0 Å². The third-order valence-electron chi connectivity index (χ3n) is 2.97. The zero-order valence-electron chi connectivity index (χ0n) is 9.78. The van der Waals surface area contributed by atoms with Gasteiger partial charge in [-0.1, -0.05) is 34.1 Å². The average molecular weight is 318 g/mol. The number of aromatic amines is 1. The normalized spacial score (nSPS) is 10.8. The molecule has 0 bridgehead atoms. The van der Waals surface area contributed by atoms with E-state index in [0.29, 0.717) is 11.1 Å². The molecule has 1 N–H and O–H groups in total. The van der Waals surface area contributed by atoms with Crippen LogP contribution in [0.1, 0.15) is 0 Å². The lowest BCUT2D eigenvalue weighted by atomic mass is 10.0. The first-order chi connectivity index (χ1) is 9.15. The third-order valence-corrected chi connectivity index (χ3v) is 3.47. The van der Waals surface area contributed by atoms with Gasteiger partial charge in [0, 0.05) is 15.6 Å². The molecular weight excluding hydrogens is 309 g/mol. The van der Waals surface area contributed by atoms with Gasteiger partial charge in [0.2, 0.25) is 0 Å². The van der Waals surface area contributed by atoms with Crippen molar-refractivity contribution < 1.29 is 4.39 Å². The fourth-order valence-corrected chi connectivity index (χ4v) is 2.41. The maximum absolute atomic E-state index is 13.9. The second-order valence-corrected chi connectivity index (χ2v) is 5.14. The number of fused-ring (bicyclic) bond motifs is 1. The van der Waals surface area contributed by atoms with E-state index in [1.54, 1.807) is 18.2 Å². The van der Waals surface area contributed by atoms with Gasteiger partial charge in [0.15, 0.2) is 0 Å². The van der Waals surface area contributed by atoms with E-state index in [1.807, 2.05) is 24.3 Å². The van der Waals surface area contributed by atoms with Crippen molar-refractivity contribution in [1.29, 1.82) is 0 Å². The molecule has 0 amide bonds. The van der Waals surface area contributed by atoms with E-state index < -0.39 is 5.82 Å². The van der Waals surface area contributed by atoms with Gasteiger partial charge in [-0.05, 0) is 35.7 Å². The van der Waals surface area contributed by atoms with E-state index in [4.69, 9.17) is 0 Å². The Bertz CT molecular complexity index is 826. The molecule has 2 aromatic carbocycles. The lowest BCUT2D eigenvalue weighted by molar-refractivity contribution is 0.631. The predicted molar refractivity (Wildman–Crippen MR) is 77.7 cm³/mol. The van der Waals surface area contributed by atoms with Crippen LogP contribution in [-0.4, -0.2) is 4.98 Å². The first kappa shape index (κ1) is 12.1. The zero-order valence-corrected chi connectivity index (χ0v) is 11.4. The van der Waals surface area contributed by atoms with Gasteiger partial charge in [-0.15, -0.1) is 0 Å². The van der Waals surface area contributed by atoms with Crippen molar-refractivity contribution in [2.45, 2.75) is 0 Å². The second-order valence-electron chi connectivity index (χ2n) is 4.22. The lowest BCUT2D eigenvalue weighted by Crippen LogP contribution is -2.09. The van der Waals surface area contributed by atoms with E-state index in [-0.39, 0.29) is 5.56 Å². The van der Waals surface area contributed by atoms with Crippen LogP contribution >= 0.6 is 15.9 Å². The minimum atomic E-state index is -0.413. The van der Waals surface area contributed by atoms with Crippen LogP contribution in [0.3, 0.4) is 0 Å². The summed E-state index contributed by atoms with van der Waals surface area (Å²) in [6, 6.07) is 13.7. The number of hydrogen-bond donors (Lipinski definition) is 1. The van der Waals surface area contributed by atoms with Crippen molar-refractivity contribution >= 4 is 26.8 Å². The molecule has 0 aliphatic heterocycles. The maximum Gasteiger partial charge on any atom is 0.256 e. The van der Waals surface area contributed by atoms with Gasteiger partial charge >= 0.3 is 0 Å². The van der Waals surface area contributed by atoms with Gasteiger partial charge in [0.1, 0.15) is 5.82 Å². The fraction of sp³-hybridized carbons (Fsp3) is 0. The molecule has 0 aliphatic rings. The van der Waals surface area contributed by atoms with Crippen LogP contribution in [0.15, 0.2) is 57.8 Å². The average Bonchev–Trinajstić information content (AvgIpc) is 2.41. The Morgan fingerprint density at radius 1 is 1.00 bits per heavy atom. The molecule has 0 saturated heterocycles. The lowest BCUT2D eigenvalue weighted by Gasteiger charge is -2.05. The summed E-state index contributed by atoms with van der Waals surface area (Å²) in [6.07, 6.45) is 0. The summed E-state index contributed by atoms with van der Waals surface area (Å²) in [5.74, 6) is -0.413. The number of aromatic nitrogens is 1. The predicted octanol–water partition coefficient (Wildman–Crippen LogP) is 4.10. The number of hydrogen-bond acceptors (Lipinski definition) is 1. The number of pyridine rings is 1. The highest BCUT2D eigenvalue weighted by Gasteiger charge is 2.10. The molecule has 0 unspecified atom stereocenters. The van der Waals surface area contributed by atoms with Gasteiger partial charge in [-0.25, -0.2) is 4.39 Å². The molecule has 0 saturated carbocycles. The minimum Gasteiger partial charge on any atom is -0.321 e. The molecule has 19 heavy (non-hydrogen) atoms. The van der Waals surface area contributed by atoms with Gasteiger partial charge < -0.3 is 4.98 Å². The fourth-order valence-electron chi connectivity index (χ4n) is 2.05. The first-order valence-corrected chi connectivity index (χ1v) is 6.52. The van der Waals surface area contributed by atoms with Crippen LogP contribution in [0.4, 0.5) is 4.39 Å². The van der Waals surface area contributed by atoms with E-state index in [9.17, 15) is 9.18 Å². The van der Waals surface area contributed by atoms with Crippen LogP contribution in [0.25, 0.3) is 22.0 Å². The standard InChI is InChI=1S/C15H9BrFNO/c16-10-5-6-13(17)11(8-10)12-7-9-3-1-2-4-14(9)18-15(12)19/h1-8H,(H,18,19). The summed E-state index contributed by atoms with van der Waals surface area (Å²) in [7, 11) is 0. The maximum atomic E-state index is 13.9. The second kappa shape index (κ2) is 4.63. The highest BCUT2D eigenvalue weighted by molar-refractivity contribution is 9.10. The van der Waals surface area contributed by atoms with Crippen molar-refractivity contribution in [2.24, 2.45) is 0 Å². The summed E-state index contributed by atoms with van der Waals surface area (Å²) < 4.78 is 14.6. The highest BCUT2D eigenvalue weighted by Crippen LogP contribution is 2.25. The number of rotatable bonds is 1. The summed E-state index contributed by atoms with van der Waals surface area (Å²) >= 11 is 3.29. The molecule has 4 heteroatoms. The van der Waals surface area contributed by atoms with Crippen LogP contribution in [0, 0.1) is 5.82 Å². The molecule has 2 nitrogen and oxygen atoms in total. The van der Waals surface area contributed by atoms with Gasteiger partial charge in [-0.2, -0.15) is 0 Å². The molecule has 94 valence electrons. The Morgan fingerprint density at radius 3 is 2.63 bits per heavy atom. The van der Waals surface area contributed by atoms with Crippen LogP contribution in [-0.2, 0) is 0 Å². The molecule has 1 heterocycles. The van der Waals surface area contributed by atoms with Crippen LogP contribution < -0.4 is 5.56 Å². The summed E-state index contributed by atoms with van der Waals surface area (Å²) in [5, 5.41) is 0.872. The minimum absolute atomic E-state index is 0.293. The third kappa shape index (κ3) is 2.19. The van der Waals surface area contributed by atoms with E-state index in [1.165, 1.54) is 6.07 Å². The molecular formula is C15H9BrFNO. The SMILES string of the molecule is O=c1[nH]c2ccccc2cc1-c1cc(Br)ccc1F. The number of para-hydroxylation sites is 1. The van der Waals surface area contributed by atoms with Gasteiger partial charge in [0.25, 0.3) is 5.56 Å². The van der Waals surface area contributed by atoms with E-state index >= 15 is 0 Å². The largest absolute Gasteiger partial charge is 0.321 e. The molecule has 0 radical (unpaired) electrons. The molecule has 3 rings (SSSR count). The number of halogens is 2. The highest BCUT2D eigenvalue weighted by atomic mass is 79.9. The summed E-state index contributed by atoms with van der Waals surface area (Å²) in [5.41, 5.74) is 1.07. The number of benzene rings is 2. The molecule has 0 atom stereocenters. The Kier molecular flexibility index (Phi) is 2.95. The topological polar surface area (TPSA) is 32.9 Å². The van der Waals surface area contributed by atoms with Crippen molar-refractivity contribution in [3.05, 3.63) is 69.2 Å². The van der Waals surface area contributed by atoms with E-state index in [2.05, 4.69) is 20.9 Å². The molecule has 0 fully saturated rings. The molecule has 0 aliphatic carbocycles. The summed E-state index contributed by atoms with van der Waals surface area (Å²) in [6.45, 7) is 0. The Balaban J connectivity index is 2.33. The van der Waals surface area contributed by atoms with Gasteiger partial charge in [-0.3, -0.25) is 4.79 Å². The van der Waals surface area contributed by atoms with Crippen LogP contribution in [0.5, 0.6) is 0 Å². The molecule has 1 aromatic heterocycles. The zero-order chi connectivity index (χ0) is 13.4. The molecule has 0 spiro atoms. The molecule has 3 aromatic rings.